The van der Waals surface area contributed by atoms with Crippen LogP contribution < -0.4 is 5.32 Å². The fourth-order valence-corrected chi connectivity index (χ4v) is 7.46. The summed E-state index contributed by atoms with van der Waals surface area (Å²) >= 11 is 0. The molecule has 0 aliphatic rings. The van der Waals surface area contributed by atoms with Gasteiger partial charge in [-0.3, -0.25) is 4.79 Å². The molecule has 0 radical (unpaired) electrons. The molecule has 3 unspecified atom stereocenters. The first-order chi connectivity index (χ1) is 25.6. The highest BCUT2D eigenvalue weighted by atomic mass is 16.3. The van der Waals surface area contributed by atoms with Crippen molar-refractivity contribution >= 4 is 5.91 Å². The first kappa shape index (κ1) is 51.1. The van der Waals surface area contributed by atoms with E-state index >= 15 is 0 Å². The first-order valence-corrected chi connectivity index (χ1v) is 23.5. The molecular weight excluding hydrogens is 643 g/mol. The Kier molecular flexibility index (Phi) is 42.1. The second kappa shape index (κ2) is 42.8. The van der Waals surface area contributed by atoms with E-state index in [1.54, 1.807) is 0 Å². The summed E-state index contributed by atoms with van der Waals surface area (Å²) in [5.74, 6) is -0.149. The lowest BCUT2D eigenvalue weighted by Gasteiger charge is -2.26. The van der Waals surface area contributed by atoms with Crippen molar-refractivity contribution in [3.8, 4) is 0 Å². The molecule has 310 valence electrons. The van der Waals surface area contributed by atoms with E-state index in [9.17, 15) is 20.1 Å². The van der Waals surface area contributed by atoms with Gasteiger partial charge in [-0.25, -0.2) is 0 Å². The van der Waals surface area contributed by atoms with Crippen LogP contribution in [0.4, 0.5) is 0 Å². The minimum absolute atomic E-state index is 0.149. The van der Waals surface area contributed by atoms with Crippen molar-refractivity contribution in [3.05, 3.63) is 12.2 Å². The molecule has 0 spiro atoms. The van der Waals surface area contributed by atoms with Gasteiger partial charge >= 0.3 is 0 Å². The Bertz CT molecular complexity index is 728. The van der Waals surface area contributed by atoms with Crippen LogP contribution in [0.25, 0.3) is 0 Å². The van der Waals surface area contributed by atoms with Gasteiger partial charge in [0.1, 0.15) is 6.10 Å². The number of carbonyl (C=O) groups is 1. The molecule has 4 N–H and O–H groups in total. The van der Waals surface area contributed by atoms with Crippen molar-refractivity contribution in [1.29, 1.82) is 0 Å². The highest BCUT2D eigenvalue weighted by Crippen LogP contribution is 2.17. The molecule has 0 fully saturated rings. The molecule has 0 aromatic heterocycles. The average molecular weight is 736 g/mol. The quantitative estimate of drug-likeness (QED) is 0.0371. The van der Waals surface area contributed by atoms with Crippen molar-refractivity contribution in [2.24, 2.45) is 0 Å². The highest BCUT2D eigenvalue weighted by Gasteiger charge is 2.26. The van der Waals surface area contributed by atoms with Crippen LogP contribution in [0.2, 0.25) is 0 Å². The van der Waals surface area contributed by atoms with Gasteiger partial charge in [-0.2, -0.15) is 0 Å². The Morgan fingerprint density at radius 1 is 0.462 bits per heavy atom. The molecule has 0 saturated heterocycles. The third-order valence-electron chi connectivity index (χ3n) is 11.1. The number of allylic oxidation sites excluding steroid dienone is 2. The summed E-state index contributed by atoms with van der Waals surface area (Å²) in [6.07, 6.45) is 50.5. The molecular formula is C47H93NO4. The number of unbranched alkanes of at least 4 members (excludes halogenated alkanes) is 33. The Labute approximate surface area is 325 Å². The smallest absolute Gasteiger partial charge is 0.220 e. The van der Waals surface area contributed by atoms with E-state index < -0.39 is 18.2 Å². The van der Waals surface area contributed by atoms with Crippen LogP contribution >= 0.6 is 0 Å². The first-order valence-electron chi connectivity index (χ1n) is 23.5. The molecule has 0 aliphatic carbocycles. The van der Waals surface area contributed by atoms with Gasteiger partial charge in [-0.15, -0.1) is 0 Å². The van der Waals surface area contributed by atoms with E-state index in [2.05, 4.69) is 31.3 Å². The van der Waals surface area contributed by atoms with Crippen LogP contribution in [-0.4, -0.2) is 46.1 Å². The lowest BCUT2D eigenvalue weighted by Crippen LogP contribution is -2.50. The summed E-state index contributed by atoms with van der Waals surface area (Å²) in [5, 5.41) is 33.5. The summed E-state index contributed by atoms with van der Waals surface area (Å²) in [5.41, 5.74) is 0. The van der Waals surface area contributed by atoms with E-state index in [0.29, 0.717) is 12.8 Å². The number of hydrogen-bond donors (Lipinski definition) is 4. The van der Waals surface area contributed by atoms with Crippen molar-refractivity contribution < 1.29 is 20.1 Å². The largest absolute Gasteiger partial charge is 0.394 e. The zero-order valence-corrected chi connectivity index (χ0v) is 35.2. The van der Waals surface area contributed by atoms with Gasteiger partial charge in [0.05, 0.1) is 18.8 Å². The lowest BCUT2D eigenvalue weighted by molar-refractivity contribution is -0.124. The summed E-state index contributed by atoms with van der Waals surface area (Å²) in [6.45, 7) is 4.19. The number of aliphatic hydroxyl groups excluding tert-OH is 3. The van der Waals surface area contributed by atoms with E-state index in [0.717, 1.165) is 38.5 Å². The molecule has 0 saturated carbocycles. The predicted molar refractivity (Wildman–Crippen MR) is 227 cm³/mol. The summed E-state index contributed by atoms with van der Waals surface area (Å²) in [7, 11) is 0. The summed E-state index contributed by atoms with van der Waals surface area (Å²) < 4.78 is 0. The van der Waals surface area contributed by atoms with Crippen molar-refractivity contribution in [2.45, 2.75) is 276 Å². The Hall–Kier alpha value is -0.910. The van der Waals surface area contributed by atoms with Gasteiger partial charge in [0.25, 0.3) is 0 Å². The van der Waals surface area contributed by atoms with Crippen LogP contribution in [0.5, 0.6) is 0 Å². The second-order valence-electron chi connectivity index (χ2n) is 16.3. The summed E-state index contributed by atoms with van der Waals surface area (Å²) in [6, 6.07) is -0.821. The highest BCUT2D eigenvalue weighted by molar-refractivity contribution is 5.76. The number of carbonyl (C=O) groups excluding carboxylic acids is 1. The van der Waals surface area contributed by atoms with Crippen LogP contribution in [0.1, 0.15) is 258 Å². The Balaban J connectivity index is 3.59. The molecule has 0 heterocycles. The molecule has 0 rings (SSSR count). The maximum Gasteiger partial charge on any atom is 0.220 e. The monoisotopic (exact) mass is 736 g/mol. The van der Waals surface area contributed by atoms with Gasteiger partial charge in [-0.1, -0.05) is 225 Å². The minimum Gasteiger partial charge on any atom is -0.394 e. The zero-order chi connectivity index (χ0) is 38.0. The SMILES string of the molecule is CCCCCCCCCCCCC/C=C/CCCC(O)C(O)C(CO)NC(=O)CCCCCCCCCCCCCCCCCCCCCCCC. The normalized spacial score (nSPS) is 13.6. The van der Waals surface area contributed by atoms with Crippen LogP contribution in [0, 0.1) is 0 Å². The number of aliphatic hydroxyl groups is 3. The van der Waals surface area contributed by atoms with Crippen molar-refractivity contribution in [3.63, 3.8) is 0 Å². The molecule has 0 aromatic rings. The summed E-state index contributed by atoms with van der Waals surface area (Å²) in [4.78, 5) is 12.4. The molecule has 0 aromatic carbocycles. The van der Waals surface area contributed by atoms with Crippen LogP contribution in [-0.2, 0) is 4.79 Å². The molecule has 0 aliphatic heterocycles. The predicted octanol–water partition coefficient (Wildman–Crippen LogP) is 13.6. The molecule has 5 nitrogen and oxygen atoms in total. The van der Waals surface area contributed by atoms with Gasteiger partial charge < -0.3 is 20.6 Å². The number of rotatable bonds is 43. The fraction of sp³-hybridized carbons (Fsp3) is 0.936. The van der Waals surface area contributed by atoms with Crippen LogP contribution in [0.15, 0.2) is 12.2 Å². The standard InChI is InChI=1S/C47H93NO4/c1-3-5-7-9-11-13-15-17-19-21-22-23-24-25-26-28-30-32-34-36-38-40-42-46(51)48-44(43-49)47(52)45(50)41-39-37-35-33-31-29-27-20-18-16-14-12-10-8-6-4-2/h33,35,44-45,47,49-50,52H,3-32,34,36-43H2,1-2H3,(H,48,51)/b35-33+. The fourth-order valence-electron chi connectivity index (χ4n) is 7.46. The molecule has 3 atom stereocenters. The molecule has 5 heteroatoms. The average Bonchev–Trinajstić information content (AvgIpc) is 3.15. The molecule has 1 amide bonds. The van der Waals surface area contributed by atoms with E-state index in [4.69, 9.17) is 0 Å². The van der Waals surface area contributed by atoms with Gasteiger partial charge in [-0.05, 0) is 38.5 Å². The maximum atomic E-state index is 12.4. The second-order valence-corrected chi connectivity index (χ2v) is 16.3. The van der Waals surface area contributed by atoms with Gasteiger partial charge in [0.2, 0.25) is 5.91 Å². The topological polar surface area (TPSA) is 89.8 Å². The Morgan fingerprint density at radius 3 is 1.12 bits per heavy atom. The number of nitrogens with one attached hydrogen (secondary N) is 1. The zero-order valence-electron chi connectivity index (χ0n) is 35.2. The van der Waals surface area contributed by atoms with Crippen LogP contribution in [0.3, 0.4) is 0 Å². The van der Waals surface area contributed by atoms with Gasteiger partial charge in [0.15, 0.2) is 0 Å². The molecule has 52 heavy (non-hydrogen) atoms. The van der Waals surface area contributed by atoms with Gasteiger partial charge in [0, 0.05) is 6.42 Å². The van der Waals surface area contributed by atoms with E-state index in [1.165, 1.54) is 193 Å². The Morgan fingerprint density at radius 2 is 0.769 bits per heavy atom. The van der Waals surface area contributed by atoms with E-state index in [1.807, 2.05) is 0 Å². The van der Waals surface area contributed by atoms with Crippen molar-refractivity contribution in [1.82, 2.24) is 5.32 Å². The lowest BCUT2D eigenvalue weighted by atomic mass is 10.0. The van der Waals surface area contributed by atoms with E-state index in [-0.39, 0.29) is 12.5 Å². The number of amides is 1. The minimum atomic E-state index is -1.15. The molecule has 0 bridgehead atoms. The third kappa shape index (κ3) is 37.4. The van der Waals surface area contributed by atoms with Crippen molar-refractivity contribution in [2.75, 3.05) is 6.61 Å². The number of hydrogen-bond acceptors (Lipinski definition) is 4. The third-order valence-corrected chi connectivity index (χ3v) is 11.1. The maximum absolute atomic E-state index is 12.4.